The van der Waals surface area contributed by atoms with Gasteiger partial charge < -0.3 is 10.6 Å². The third-order valence-corrected chi connectivity index (χ3v) is 4.94. The van der Waals surface area contributed by atoms with E-state index in [0.717, 1.165) is 6.07 Å². The van der Waals surface area contributed by atoms with Crippen LogP contribution in [0.15, 0.2) is 60.7 Å². The second-order valence-corrected chi connectivity index (χ2v) is 7.13. The maximum absolute atomic E-state index is 13.6. The molecule has 3 aromatic carbocycles. The Morgan fingerprint density at radius 1 is 0.806 bits per heavy atom. The van der Waals surface area contributed by atoms with Crippen LogP contribution in [-0.2, 0) is 6.18 Å². The first kappa shape index (κ1) is 22.1. The van der Waals surface area contributed by atoms with Gasteiger partial charge in [-0.3, -0.25) is 9.59 Å². The molecule has 4 nitrogen and oxygen atoms in total. The molecule has 0 aliphatic rings. The Balaban J connectivity index is 1.88. The zero-order chi connectivity index (χ0) is 22.8. The normalized spacial score (nSPS) is 11.2. The molecule has 0 saturated carbocycles. The summed E-state index contributed by atoms with van der Waals surface area (Å²) in [6, 6.07) is 15.1. The Morgan fingerprint density at radius 2 is 1.39 bits per heavy atom. The van der Waals surface area contributed by atoms with E-state index in [-0.39, 0.29) is 17.3 Å². The van der Waals surface area contributed by atoms with E-state index >= 15 is 0 Å². The molecule has 0 bridgehead atoms. The van der Waals surface area contributed by atoms with Crippen molar-refractivity contribution >= 4 is 23.1 Å². The molecule has 0 atom stereocenters. The maximum Gasteiger partial charge on any atom is 0.417 e. The second kappa shape index (κ2) is 8.63. The van der Waals surface area contributed by atoms with Crippen LogP contribution in [0.1, 0.15) is 38.8 Å². The highest BCUT2D eigenvalue weighted by molar-refractivity contribution is 6.05. The molecule has 3 aromatic rings. The number of hydrogen-bond donors (Lipinski definition) is 2. The molecule has 31 heavy (non-hydrogen) atoms. The zero-order valence-electron chi connectivity index (χ0n) is 17.2. The van der Waals surface area contributed by atoms with Gasteiger partial charge in [0.05, 0.1) is 5.56 Å². The van der Waals surface area contributed by atoms with Gasteiger partial charge in [-0.15, -0.1) is 0 Å². The summed E-state index contributed by atoms with van der Waals surface area (Å²) in [7, 11) is 1.56. The predicted octanol–water partition coefficient (Wildman–Crippen LogP) is 6.18. The Morgan fingerprint density at radius 3 is 1.94 bits per heavy atom. The first-order valence-corrected chi connectivity index (χ1v) is 9.52. The second-order valence-electron chi connectivity index (χ2n) is 7.13. The minimum Gasteiger partial charge on any atom is -0.388 e. The molecule has 3 rings (SSSR count). The van der Waals surface area contributed by atoms with Crippen LogP contribution in [0.2, 0.25) is 0 Å². The van der Waals surface area contributed by atoms with Crippen LogP contribution in [-0.4, -0.2) is 18.7 Å². The van der Waals surface area contributed by atoms with Gasteiger partial charge in [0.15, 0.2) is 5.78 Å². The fourth-order valence-corrected chi connectivity index (χ4v) is 3.27. The van der Waals surface area contributed by atoms with E-state index < -0.39 is 11.7 Å². The molecule has 1 amide bonds. The zero-order valence-corrected chi connectivity index (χ0v) is 17.2. The number of carbonyl (C=O) groups excluding carboxylic acids is 2. The quantitative estimate of drug-likeness (QED) is 0.479. The molecule has 160 valence electrons. The SMILES string of the molecule is CNc1ccc(-c2ccc(NC(=O)c3ccc(C(C)=O)cc3)cc2C)c(C(F)(F)F)c1. The van der Waals surface area contributed by atoms with Gasteiger partial charge in [-0.05, 0) is 66.9 Å². The van der Waals surface area contributed by atoms with Crippen molar-refractivity contribution in [2.45, 2.75) is 20.0 Å². The summed E-state index contributed by atoms with van der Waals surface area (Å²) in [4.78, 5) is 23.8. The molecule has 2 N–H and O–H groups in total. The average molecular weight is 426 g/mol. The molecule has 0 fully saturated rings. The van der Waals surface area contributed by atoms with E-state index in [1.165, 1.54) is 13.0 Å². The van der Waals surface area contributed by atoms with E-state index in [4.69, 9.17) is 0 Å². The van der Waals surface area contributed by atoms with E-state index in [1.54, 1.807) is 62.5 Å². The molecular weight excluding hydrogens is 405 g/mol. The third-order valence-electron chi connectivity index (χ3n) is 4.94. The number of rotatable bonds is 5. The highest BCUT2D eigenvalue weighted by Crippen LogP contribution is 2.40. The fraction of sp³-hybridized carbons (Fsp3) is 0.167. The van der Waals surface area contributed by atoms with Gasteiger partial charge in [-0.25, -0.2) is 0 Å². The maximum atomic E-state index is 13.6. The van der Waals surface area contributed by atoms with Crippen LogP contribution in [0.3, 0.4) is 0 Å². The Labute approximate surface area is 178 Å². The van der Waals surface area contributed by atoms with Crippen molar-refractivity contribution in [3.63, 3.8) is 0 Å². The van der Waals surface area contributed by atoms with Crippen LogP contribution in [0.25, 0.3) is 11.1 Å². The molecule has 0 aliphatic carbocycles. The smallest absolute Gasteiger partial charge is 0.388 e. The molecule has 0 radical (unpaired) electrons. The number of benzene rings is 3. The highest BCUT2D eigenvalue weighted by Gasteiger charge is 2.34. The van der Waals surface area contributed by atoms with Gasteiger partial charge in [0.1, 0.15) is 0 Å². The summed E-state index contributed by atoms with van der Waals surface area (Å²) in [5.41, 5.74) is 2.06. The van der Waals surface area contributed by atoms with Crippen LogP contribution < -0.4 is 10.6 Å². The standard InChI is InChI=1S/C24H21F3N2O2/c1-14-12-19(29-23(31)17-6-4-16(5-7-17)15(2)30)9-10-20(14)21-11-8-18(28-3)13-22(21)24(25,26)27/h4-13,28H,1-3H3,(H,29,31). The molecule has 0 unspecified atom stereocenters. The van der Waals surface area contributed by atoms with Crippen molar-refractivity contribution in [1.29, 1.82) is 0 Å². The molecule has 7 heteroatoms. The van der Waals surface area contributed by atoms with Crippen molar-refractivity contribution in [3.05, 3.63) is 82.9 Å². The first-order valence-electron chi connectivity index (χ1n) is 9.52. The molecule has 0 aliphatic heterocycles. The van der Waals surface area contributed by atoms with Gasteiger partial charge in [0.2, 0.25) is 0 Å². The van der Waals surface area contributed by atoms with E-state index in [0.29, 0.717) is 33.6 Å². The molecular formula is C24H21F3N2O2. The van der Waals surface area contributed by atoms with Crippen LogP contribution >= 0.6 is 0 Å². The number of hydrogen-bond acceptors (Lipinski definition) is 3. The number of ketones is 1. The van der Waals surface area contributed by atoms with Crippen LogP contribution in [0.4, 0.5) is 24.5 Å². The number of aryl methyl sites for hydroxylation is 1. The topological polar surface area (TPSA) is 58.2 Å². The van der Waals surface area contributed by atoms with Gasteiger partial charge >= 0.3 is 6.18 Å². The Kier molecular flexibility index (Phi) is 6.15. The van der Waals surface area contributed by atoms with Gasteiger partial charge in [-0.2, -0.15) is 13.2 Å². The van der Waals surface area contributed by atoms with Crippen LogP contribution in [0, 0.1) is 6.92 Å². The number of Topliss-reactive ketones (excluding diaryl/α,β-unsaturated/α-hetero) is 1. The third kappa shape index (κ3) is 4.94. The summed E-state index contributed by atoms with van der Waals surface area (Å²) in [6.45, 7) is 3.13. The lowest BCUT2D eigenvalue weighted by molar-refractivity contribution is -0.137. The van der Waals surface area contributed by atoms with E-state index in [1.807, 2.05) is 0 Å². The number of halogens is 3. The lowest BCUT2D eigenvalue weighted by Gasteiger charge is -2.17. The van der Waals surface area contributed by atoms with Crippen LogP contribution in [0.5, 0.6) is 0 Å². The monoisotopic (exact) mass is 426 g/mol. The Hall–Kier alpha value is -3.61. The summed E-state index contributed by atoms with van der Waals surface area (Å²) >= 11 is 0. The van der Waals surface area contributed by atoms with Crippen molar-refractivity contribution in [3.8, 4) is 11.1 Å². The minimum atomic E-state index is -4.51. The van der Waals surface area contributed by atoms with Crippen molar-refractivity contribution in [2.24, 2.45) is 0 Å². The number of nitrogens with one attached hydrogen (secondary N) is 2. The average Bonchev–Trinajstić information content (AvgIpc) is 2.73. The summed E-state index contributed by atoms with van der Waals surface area (Å²) in [5.74, 6) is -0.476. The van der Waals surface area contributed by atoms with Crippen molar-refractivity contribution < 1.29 is 22.8 Å². The highest BCUT2D eigenvalue weighted by atomic mass is 19.4. The lowest BCUT2D eigenvalue weighted by atomic mass is 9.94. The van der Waals surface area contributed by atoms with E-state index in [2.05, 4.69) is 10.6 Å². The largest absolute Gasteiger partial charge is 0.417 e. The lowest BCUT2D eigenvalue weighted by Crippen LogP contribution is -2.12. The molecule has 0 saturated heterocycles. The molecule has 0 spiro atoms. The fourth-order valence-electron chi connectivity index (χ4n) is 3.27. The van der Waals surface area contributed by atoms with Gasteiger partial charge in [-0.1, -0.05) is 24.3 Å². The predicted molar refractivity (Wildman–Crippen MR) is 116 cm³/mol. The first-order chi connectivity index (χ1) is 14.6. The Bertz CT molecular complexity index is 1140. The van der Waals surface area contributed by atoms with E-state index in [9.17, 15) is 22.8 Å². The minimum absolute atomic E-state index is 0.0710. The number of anilines is 2. The number of amides is 1. The summed E-state index contributed by atoms with van der Waals surface area (Å²) in [6.07, 6.45) is -4.51. The number of carbonyl (C=O) groups is 2. The summed E-state index contributed by atoms with van der Waals surface area (Å²) in [5, 5.41) is 5.46. The van der Waals surface area contributed by atoms with Gasteiger partial charge in [0.25, 0.3) is 5.91 Å². The number of alkyl halides is 3. The van der Waals surface area contributed by atoms with Gasteiger partial charge in [0, 0.05) is 29.5 Å². The van der Waals surface area contributed by atoms with Crippen molar-refractivity contribution in [1.82, 2.24) is 0 Å². The van der Waals surface area contributed by atoms with Crippen molar-refractivity contribution in [2.75, 3.05) is 17.7 Å². The molecule has 0 aromatic heterocycles. The summed E-state index contributed by atoms with van der Waals surface area (Å²) < 4.78 is 40.8. The molecule has 0 heterocycles.